The highest BCUT2D eigenvalue weighted by Gasteiger charge is 2.46. The van der Waals surface area contributed by atoms with Crippen molar-refractivity contribution in [2.24, 2.45) is 0 Å². The molecule has 3 rings (SSSR count). The number of benzene rings is 2. The Morgan fingerprint density at radius 3 is 1.85 bits per heavy atom. The summed E-state index contributed by atoms with van der Waals surface area (Å²) < 4.78 is 14.9. The maximum atomic E-state index is 14.9. The van der Waals surface area contributed by atoms with Crippen molar-refractivity contribution in [1.82, 2.24) is 4.90 Å². The van der Waals surface area contributed by atoms with Crippen molar-refractivity contribution in [2.45, 2.75) is 103 Å². The topological polar surface area (TPSA) is 101 Å². The molecule has 1 heterocycles. The van der Waals surface area contributed by atoms with Crippen molar-refractivity contribution >= 4 is 23.1 Å². The number of hydrogen-bond donors (Lipinski definition) is 1. The average molecular weight is 567 g/mol. The number of rotatable bonds is 18. The van der Waals surface area contributed by atoms with Crippen LogP contribution in [0.5, 0.6) is 0 Å². The van der Waals surface area contributed by atoms with Crippen LogP contribution in [-0.2, 0) is 9.59 Å². The number of amides is 1. The molecule has 1 aliphatic rings. The van der Waals surface area contributed by atoms with Gasteiger partial charge in [-0.1, -0.05) is 109 Å². The Morgan fingerprint density at radius 1 is 0.829 bits per heavy atom. The summed E-state index contributed by atoms with van der Waals surface area (Å²) in [5.41, 5.74) is -0.114. The fraction of sp³-hybridized carbons (Fsp3) is 0.515. The highest BCUT2D eigenvalue weighted by Crippen LogP contribution is 2.40. The molecule has 7 nitrogen and oxygen atoms in total. The average Bonchev–Trinajstić information content (AvgIpc) is 3.22. The minimum Gasteiger partial charge on any atom is -0.507 e. The van der Waals surface area contributed by atoms with Crippen molar-refractivity contribution in [3.63, 3.8) is 0 Å². The first kappa shape index (κ1) is 32.0. The Labute approximate surface area is 242 Å². The number of nitrogens with zero attached hydrogens (tertiary/aromatic N) is 2. The van der Waals surface area contributed by atoms with E-state index < -0.39 is 34.2 Å². The van der Waals surface area contributed by atoms with E-state index in [1.807, 2.05) is 0 Å². The number of Topliss-reactive ketones (excluding diaryl/α,β-unsaturated/α-hetero) is 1. The van der Waals surface area contributed by atoms with E-state index in [1.165, 1.54) is 112 Å². The first-order chi connectivity index (χ1) is 19.9. The highest BCUT2D eigenvalue weighted by atomic mass is 19.1. The van der Waals surface area contributed by atoms with Gasteiger partial charge in [0.1, 0.15) is 11.6 Å². The van der Waals surface area contributed by atoms with E-state index in [1.54, 1.807) is 6.07 Å². The number of nitro benzene ring substituents is 1. The van der Waals surface area contributed by atoms with Crippen molar-refractivity contribution in [3.05, 3.63) is 81.2 Å². The second-order valence-corrected chi connectivity index (χ2v) is 10.9. The number of halogens is 1. The van der Waals surface area contributed by atoms with Gasteiger partial charge in [0.25, 0.3) is 17.4 Å². The van der Waals surface area contributed by atoms with Gasteiger partial charge in [0.05, 0.1) is 16.5 Å². The molecule has 0 spiro atoms. The van der Waals surface area contributed by atoms with Gasteiger partial charge < -0.3 is 10.0 Å². The number of aliphatic hydroxyl groups is 1. The molecule has 0 bridgehead atoms. The smallest absolute Gasteiger partial charge is 0.295 e. The third-order valence-corrected chi connectivity index (χ3v) is 7.84. The van der Waals surface area contributed by atoms with Crippen molar-refractivity contribution in [1.29, 1.82) is 0 Å². The van der Waals surface area contributed by atoms with E-state index in [0.717, 1.165) is 19.3 Å². The van der Waals surface area contributed by atoms with E-state index >= 15 is 0 Å². The molecule has 0 aliphatic carbocycles. The van der Waals surface area contributed by atoms with E-state index in [2.05, 4.69) is 6.92 Å². The van der Waals surface area contributed by atoms with Crippen LogP contribution < -0.4 is 0 Å². The van der Waals surface area contributed by atoms with Crippen molar-refractivity contribution in [2.75, 3.05) is 6.54 Å². The number of non-ortho nitro benzene ring substituents is 1. The molecule has 0 saturated carbocycles. The lowest BCUT2D eigenvalue weighted by Crippen LogP contribution is -2.31. The molecule has 41 heavy (non-hydrogen) atoms. The molecule has 1 amide bonds. The van der Waals surface area contributed by atoms with Crippen LogP contribution in [0.15, 0.2) is 54.1 Å². The predicted molar refractivity (Wildman–Crippen MR) is 159 cm³/mol. The van der Waals surface area contributed by atoms with E-state index in [4.69, 9.17) is 0 Å². The fourth-order valence-electron chi connectivity index (χ4n) is 5.50. The molecule has 2 aromatic carbocycles. The van der Waals surface area contributed by atoms with Crippen LogP contribution in [0.1, 0.15) is 114 Å². The summed E-state index contributed by atoms with van der Waals surface area (Å²) in [4.78, 5) is 38.0. The van der Waals surface area contributed by atoms with E-state index in [9.17, 15) is 29.2 Å². The number of ketones is 1. The van der Waals surface area contributed by atoms with Gasteiger partial charge >= 0.3 is 0 Å². The normalized spacial score (nSPS) is 16.4. The molecule has 1 atom stereocenters. The quantitative estimate of drug-likeness (QED) is 0.0486. The van der Waals surface area contributed by atoms with Crippen molar-refractivity contribution < 1.29 is 24.0 Å². The van der Waals surface area contributed by atoms with Gasteiger partial charge in [0.15, 0.2) is 0 Å². The number of likely N-dealkylation sites (tertiary alicyclic amines) is 1. The Bertz CT molecular complexity index is 1190. The SMILES string of the molecule is CCCCCCCCCCCCCCCCN1C(=O)C(=O)C(=C(O)c2ccc([N+](=O)[O-])cc2)C1c1ccccc1F. The Morgan fingerprint density at radius 2 is 1.34 bits per heavy atom. The second-order valence-electron chi connectivity index (χ2n) is 10.9. The van der Waals surface area contributed by atoms with Crippen LogP contribution in [0, 0.1) is 15.9 Å². The minimum atomic E-state index is -1.08. The highest BCUT2D eigenvalue weighted by molar-refractivity contribution is 6.46. The van der Waals surface area contributed by atoms with Crippen LogP contribution >= 0.6 is 0 Å². The van der Waals surface area contributed by atoms with Gasteiger partial charge in [0.2, 0.25) is 0 Å². The fourth-order valence-corrected chi connectivity index (χ4v) is 5.50. The summed E-state index contributed by atoms with van der Waals surface area (Å²) in [7, 11) is 0. The summed E-state index contributed by atoms with van der Waals surface area (Å²) in [6.07, 6.45) is 16.7. The summed E-state index contributed by atoms with van der Waals surface area (Å²) in [6, 6.07) is 9.87. The summed E-state index contributed by atoms with van der Waals surface area (Å²) in [5.74, 6) is -2.73. The molecule has 0 radical (unpaired) electrons. The standard InChI is InChI=1S/C33H43FN2O5/c1-2-3-4-5-6-7-8-9-10-11-12-13-14-17-24-35-30(27-18-15-16-19-28(27)34)29(32(38)33(35)39)31(37)25-20-22-26(23-21-25)36(40)41/h15-16,18-23,30,37H,2-14,17,24H2,1H3. The Balaban J connectivity index is 1.58. The largest absolute Gasteiger partial charge is 0.507 e. The monoisotopic (exact) mass is 566 g/mol. The zero-order valence-corrected chi connectivity index (χ0v) is 24.2. The van der Waals surface area contributed by atoms with Crippen LogP contribution in [0.2, 0.25) is 0 Å². The number of carbonyl (C=O) groups excluding carboxylic acids is 2. The Hall–Kier alpha value is -3.55. The molecule has 1 saturated heterocycles. The molecule has 1 aliphatic heterocycles. The molecular formula is C33H43FN2O5. The second kappa shape index (κ2) is 16.7. The molecular weight excluding hydrogens is 523 g/mol. The van der Waals surface area contributed by atoms with Crippen LogP contribution in [0.4, 0.5) is 10.1 Å². The molecule has 2 aromatic rings. The van der Waals surface area contributed by atoms with Gasteiger partial charge in [-0.15, -0.1) is 0 Å². The lowest BCUT2D eigenvalue weighted by atomic mass is 9.94. The molecule has 1 fully saturated rings. The summed E-state index contributed by atoms with van der Waals surface area (Å²) in [6.45, 7) is 2.50. The predicted octanol–water partition coefficient (Wildman–Crippen LogP) is 8.64. The van der Waals surface area contributed by atoms with Gasteiger partial charge in [-0.25, -0.2) is 4.39 Å². The molecule has 0 aromatic heterocycles. The first-order valence-corrected chi connectivity index (χ1v) is 15.1. The number of aliphatic hydroxyl groups excluding tert-OH is 1. The van der Waals surface area contributed by atoms with Gasteiger partial charge in [0, 0.05) is 29.8 Å². The third-order valence-electron chi connectivity index (χ3n) is 7.84. The maximum Gasteiger partial charge on any atom is 0.295 e. The molecule has 8 heteroatoms. The van der Waals surface area contributed by atoms with Gasteiger partial charge in [-0.2, -0.15) is 0 Å². The summed E-state index contributed by atoms with van der Waals surface area (Å²) >= 11 is 0. The molecule has 222 valence electrons. The maximum absolute atomic E-state index is 14.9. The lowest BCUT2D eigenvalue weighted by molar-refractivity contribution is -0.384. The Kier molecular flexibility index (Phi) is 13.0. The lowest BCUT2D eigenvalue weighted by Gasteiger charge is -2.25. The van der Waals surface area contributed by atoms with Crippen molar-refractivity contribution in [3.8, 4) is 0 Å². The zero-order valence-electron chi connectivity index (χ0n) is 24.2. The molecule has 1 unspecified atom stereocenters. The van der Waals surface area contributed by atoms with Crippen LogP contribution in [-0.4, -0.2) is 33.2 Å². The summed E-state index contributed by atoms with van der Waals surface area (Å²) in [5, 5.41) is 22.1. The number of nitro groups is 1. The first-order valence-electron chi connectivity index (χ1n) is 15.1. The van der Waals surface area contributed by atoms with Crippen LogP contribution in [0.25, 0.3) is 5.76 Å². The number of hydrogen-bond acceptors (Lipinski definition) is 5. The minimum absolute atomic E-state index is 0.125. The van der Waals surface area contributed by atoms with Gasteiger partial charge in [-0.3, -0.25) is 19.7 Å². The van der Waals surface area contributed by atoms with Gasteiger partial charge in [-0.05, 0) is 24.6 Å². The third kappa shape index (κ3) is 8.97. The zero-order chi connectivity index (χ0) is 29.6. The number of unbranched alkanes of at least 4 members (excludes halogenated alkanes) is 13. The number of carbonyl (C=O) groups is 2. The molecule has 1 N–H and O–H groups in total. The van der Waals surface area contributed by atoms with Crippen LogP contribution in [0.3, 0.4) is 0 Å². The van der Waals surface area contributed by atoms with E-state index in [-0.39, 0.29) is 28.9 Å². The van der Waals surface area contributed by atoms with E-state index in [0.29, 0.717) is 6.42 Å².